The summed E-state index contributed by atoms with van der Waals surface area (Å²) in [6.45, 7) is 2.11. The van der Waals surface area contributed by atoms with Gasteiger partial charge in [0.05, 0.1) is 20.5 Å². The molecule has 0 fully saturated rings. The normalized spacial score (nSPS) is 11.5. The standard InChI is InChI=1S/C18H16ClN3O4S2/c1-12-21-17(11-27-12)14-4-2-13(3-5-14)8-9-20-28(25,26)15-6-7-16(19)18(10-15)22(23)24/h2-7,10-11,20H,8-9H2,1H3. The predicted octanol–water partition coefficient (Wildman–Crippen LogP) is 4.20. The first kappa shape index (κ1) is 20.4. The quantitative estimate of drug-likeness (QED) is 0.440. The molecular formula is C18H16ClN3O4S2. The monoisotopic (exact) mass is 437 g/mol. The van der Waals surface area contributed by atoms with Crippen molar-refractivity contribution in [1.29, 1.82) is 0 Å². The van der Waals surface area contributed by atoms with Crippen LogP contribution in [0.2, 0.25) is 5.02 Å². The lowest BCUT2D eigenvalue weighted by atomic mass is 10.1. The number of hydrogen-bond donors (Lipinski definition) is 1. The number of nitrogens with one attached hydrogen (secondary N) is 1. The van der Waals surface area contributed by atoms with Crippen molar-refractivity contribution in [2.45, 2.75) is 18.2 Å². The Bertz CT molecular complexity index is 1110. The largest absolute Gasteiger partial charge is 0.289 e. The Hall–Kier alpha value is -2.33. The van der Waals surface area contributed by atoms with E-state index in [4.69, 9.17) is 11.6 Å². The minimum Gasteiger partial charge on any atom is -0.258 e. The lowest BCUT2D eigenvalue weighted by Gasteiger charge is -2.08. The first-order valence-electron chi connectivity index (χ1n) is 8.21. The summed E-state index contributed by atoms with van der Waals surface area (Å²) in [5, 5.41) is 13.8. The fourth-order valence-electron chi connectivity index (χ4n) is 2.55. The Balaban J connectivity index is 1.64. The molecule has 7 nitrogen and oxygen atoms in total. The molecule has 0 radical (unpaired) electrons. The lowest BCUT2D eigenvalue weighted by molar-refractivity contribution is -0.384. The summed E-state index contributed by atoms with van der Waals surface area (Å²) in [7, 11) is -3.87. The number of thiazole rings is 1. The Labute approximate surface area is 171 Å². The van der Waals surface area contributed by atoms with Crippen molar-refractivity contribution in [2.75, 3.05) is 6.54 Å². The number of aryl methyl sites for hydroxylation is 1. The average molecular weight is 438 g/mol. The third kappa shape index (κ3) is 4.74. The number of benzene rings is 2. The highest BCUT2D eigenvalue weighted by Gasteiger charge is 2.20. The molecule has 146 valence electrons. The molecule has 0 atom stereocenters. The summed E-state index contributed by atoms with van der Waals surface area (Å²) < 4.78 is 27.2. The van der Waals surface area contributed by atoms with Gasteiger partial charge in [0.1, 0.15) is 5.02 Å². The van der Waals surface area contributed by atoms with Crippen LogP contribution in [0.4, 0.5) is 5.69 Å². The summed E-state index contributed by atoms with van der Waals surface area (Å²) in [4.78, 5) is 14.5. The molecule has 0 amide bonds. The summed E-state index contributed by atoms with van der Waals surface area (Å²) in [5.74, 6) is 0. The van der Waals surface area contributed by atoms with Crippen LogP contribution in [-0.4, -0.2) is 24.9 Å². The third-order valence-corrected chi connectivity index (χ3v) is 6.55. The zero-order valence-electron chi connectivity index (χ0n) is 14.8. The molecule has 3 aromatic rings. The highest BCUT2D eigenvalue weighted by atomic mass is 35.5. The van der Waals surface area contributed by atoms with Crippen molar-refractivity contribution >= 4 is 38.6 Å². The number of sulfonamides is 1. The molecule has 0 bridgehead atoms. The number of nitro benzene ring substituents is 1. The van der Waals surface area contributed by atoms with Gasteiger partial charge in [-0.2, -0.15) is 0 Å². The molecule has 3 rings (SSSR count). The van der Waals surface area contributed by atoms with E-state index >= 15 is 0 Å². The van der Waals surface area contributed by atoms with E-state index in [0.29, 0.717) is 6.42 Å². The predicted molar refractivity (Wildman–Crippen MR) is 109 cm³/mol. The fourth-order valence-corrected chi connectivity index (χ4v) is 4.41. The van der Waals surface area contributed by atoms with Gasteiger partial charge in [-0.15, -0.1) is 11.3 Å². The fraction of sp³-hybridized carbons (Fsp3) is 0.167. The Kier molecular flexibility index (Phi) is 6.09. The van der Waals surface area contributed by atoms with Gasteiger partial charge in [-0.05, 0) is 31.0 Å². The molecule has 0 aliphatic heterocycles. The van der Waals surface area contributed by atoms with E-state index < -0.39 is 20.6 Å². The van der Waals surface area contributed by atoms with Gasteiger partial charge in [0.15, 0.2) is 0 Å². The van der Waals surface area contributed by atoms with Crippen LogP contribution in [-0.2, 0) is 16.4 Å². The van der Waals surface area contributed by atoms with E-state index in [-0.39, 0.29) is 16.5 Å². The highest BCUT2D eigenvalue weighted by molar-refractivity contribution is 7.89. The van der Waals surface area contributed by atoms with Crippen LogP contribution in [0.3, 0.4) is 0 Å². The van der Waals surface area contributed by atoms with Gasteiger partial charge in [-0.1, -0.05) is 35.9 Å². The van der Waals surface area contributed by atoms with E-state index in [1.165, 1.54) is 12.1 Å². The highest BCUT2D eigenvalue weighted by Crippen LogP contribution is 2.27. The van der Waals surface area contributed by atoms with Gasteiger partial charge < -0.3 is 0 Å². The van der Waals surface area contributed by atoms with Gasteiger partial charge in [-0.25, -0.2) is 18.1 Å². The topological polar surface area (TPSA) is 102 Å². The minimum absolute atomic E-state index is 0.112. The molecule has 1 aromatic heterocycles. The molecule has 0 aliphatic rings. The van der Waals surface area contributed by atoms with Crippen molar-refractivity contribution in [1.82, 2.24) is 9.71 Å². The Morgan fingerprint density at radius 2 is 1.93 bits per heavy atom. The number of nitrogens with zero attached hydrogens (tertiary/aromatic N) is 2. The van der Waals surface area contributed by atoms with Crippen molar-refractivity contribution < 1.29 is 13.3 Å². The number of nitro groups is 1. The molecule has 1 heterocycles. The first-order chi connectivity index (χ1) is 13.3. The average Bonchev–Trinajstić information content (AvgIpc) is 3.08. The summed E-state index contributed by atoms with van der Waals surface area (Å²) in [5.41, 5.74) is 2.43. The van der Waals surface area contributed by atoms with Crippen molar-refractivity contribution in [3.05, 3.63) is 73.6 Å². The van der Waals surface area contributed by atoms with Crippen molar-refractivity contribution in [3.63, 3.8) is 0 Å². The molecule has 0 aliphatic carbocycles. The molecule has 0 saturated carbocycles. The van der Waals surface area contributed by atoms with E-state index in [9.17, 15) is 18.5 Å². The summed E-state index contributed by atoms with van der Waals surface area (Å²) in [6.07, 6.45) is 0.477. The number of halogens is 1. The molecule has 0 saturated heterocycles. The molecule has 1 N–H and O–H groups in total. The van der Waals surface area contributed by atoms with Crippen LogP contribution >= 0.6 is 22.9 Å². The van der Waals surface area contributed by atoms with E-state index in [0.717, 1.165) is 27.9 Å². The van der Waals surface area contributed by atoms with Crippen molar-refractivity contribution in [3.8, 4) is 11.3 Å². The summed E-state index contributed by atoms with van der Waals surface area (Å²) >= 11 is 7.31. The maximum absolute atomic E-state index is 12.4. The van der Waals surface area contributed by atoms with Crippen LogP contribution < -0.4 is 4.72 Å². The maximum Gasteiger partial charge on any atom is 0.289 e. The van der Waals surface area contributed by atoms with Crippen LogP contribution in [0, 0.1) is 17.0 Å². The maximum atomic E-state index is 12.4. The molecule has 28 heavy (non-hydrogen) atoms. The molecule has 2 aromatic carbocycles. The number of aromatic nitrogens is 1. The van der Waals surface area contributed by atoms with Crippen LogP contribution in [0.25, 0.3) is 11.3 Å². The molecular weight excluding hydrogens is 422 g/mol. The molecule has 0 unspecified atom stereocenters. The lowest BCUT2D eigenvalue weighted by Crippen LogP contribution is -2.26. The van der Waals surface area contributed by atoms with E-state index in [2.05, 4.69) is 9.71 Å². The summed E-state index contributed by atoms with van der Waals surface area (Å²) in [6, 6.07) is 11.1. The second-order valence-electron chi connectivity index (χ2n) is 5.97. The zero-order valence-corrected chi connectivity index (χ0v) is 17.1. The van der Waals surface area contributed by atoms with E-state index in [1.54, 1.807) is 11.3 Å². The van der Waals surface area contributed by atoms with Gasteiger partial charge in [-0.3, -0.25) is 10.1 Å². The second-order valence-corrected chi connectivity index (χ2v) is 9.20. The second kappa shape index (κ2) is 8.36. The van der Waals surface area contributed by atoms with Crippen molar-refractivity contribution in [2.24, 2.45) is 0 Å². The van der Waals surface area contributed by atoms with Crippen LogP contribution in [0.15, 0.2) is 52.7 Å². The number of rotatable bonds is 7. The molecule has 10 heteroatoms. The number of hydrogen-bond acceptors (Lipinski definition) is 6. The Morgan fingerprint density at radius 1 is 1.21 bits per heavy atom. The minimum atomic E-state index is -3.87. The zero-order chi connectivity index (χ0) is 20.3. The first-order valence-corrected chi connectivity index (χ1v) is 11.0. The SMILES string of the molecule is Cc1nc(-c2ccc(CCNS(=O)(=O)c3ccc(Cl)c([N+](=O)[O-])c3)cc2)cs1. The van der Waals surface area contributed by atoms with Gasteiger partial charge in [0.2, 0.25) is 10.0 Å². The van der Waals surface area contributed by atoms with Gasteiger partial charge in [0.25, 0.3) is 5.69 Å². The Morgan fingerprint density at radius 3 is 2.54 bits per heavy atom. The smallest absolute Gasteiger partial charge is 0.258 e. The molecule has 0 spiro atoms. The van der Waals surface area contributed by atoms with E-state index in [1.807, 2.05) is 36.6 Å². The van der Waals surface area contributed by atoms with Crippen LogP contribution in [0.5, 0.6) is 0 Å². The van der Waals surface area contributed by atoms with Crippen LogP contribution in [0.1, 0.15) is 10.6 Å². The van der Waals surface area contributed by atoms with Gasteiger partial charge in [0, 0.05) is 23.6 Å². The third-order valence-electron chi connectivity index (χ3n) is 4.00. The van der Waals surface area contributed by atoms with Gasteiger partial charge >= 0.3 is 0 Å².